The molecule has 0 aliphatic carbocycles. The highest BCUT2D eigenvalue weighted by Crippen LogP contribution is 2.38. The van der Waals surface area contributed by atoms with Crippen LogP contribution in [0.3, 0.4) is 0 Å². The molecule has 3 rings (SSSR count). The summed E-state index contributed by atoms with van der Waals surface area (Å²) in [5, 5.41) is 0.169. The summed E-state index contributed by atoms with van der Waals surface area (Å²) >= 11 is 1.71. The van der Waals surface area contributed by atoms with E-state index >= 15 is 0 Å². The molecule has 0 bridgehead atoms. The SMILES string of the molecule is CCN1C(=O)CS[C@@H]1c1ccn(-c2ccccc2)c1. The Balaban J connectivity index is 1.88. The number of amides is 1. The van der Waals surface area contributed by atoms with E-state index in [0.29, 0.717) is 5.75 Å². The molecule has 1 amide bonds. The normalized spacial score (nSPS) is 19.1. The number of rotatable bonds is 3. The molecule has 4 heteroatoms. The molecule has 1 fully saturated rings. The van der Waals surface area contributed by atoms with Crippen LogP contribution in [0.5, 0.6) is 0 Å². The first-order chi connectivity index (χ1) is 9.29. The molecule has 19 heavy (non-hydrogen) atoms. The molecule has 1 saturated heterocycles. The van der Waals surface area contributed by atoms with E-state index in [9.17, 15) is 4.79 Å². The van der Waals surface area contributed by atoms with Gasteiger partial charge in [-0.3, -0.25) is 4.79 Å². The van der Waals surface area contributed by atoms with E-state index in [0.717, 1.165) is 12.2 Å². The van der Waals surface area contributed by atoms with Gasteiger partial charge in [-0.2, -0.15) is 0 Å². The lowest BCUT2D eigenvalue weighted by atomic mass is 10.3. The van der Waals surface area contributed by atoms with Crippen molar-refractivity contribution in [1.82, 2.24) is 9.47 Å². The Morgan fingerprint density at radius 3 is 2.79 bits per heavy atom. The fourth-order valence-corrected chi connectivity index (χ4v) is 3.64. The van der Waals surface area contributed by atoms with Crippen molar-refractivity contribution >= 4 is 17.7 Å². The number of hydrogen-bond acceptors (Lipinski definition) is 2. The van der Waals surface area contributed by atoms with Gasteiger partial charge in [0.05, 0.1) is 5.75 Å². The van der Waals surface area contributed by atoms with E-state index < -0.39 is 0 Å². The lowest BCUT2D eigenvalue weighted by Gasteiger charge is -2.21. The molecule has 0 radical (unpaired) electrons. The molecule has 2 aromatic rings. The molecule has 1 atom stereocenters. The summed E-state index contributed by atoms with van der Waals surface area (Å²) in [5.74, 6) is 0.833. The van der Waals surface area contributed by atoms with Gasteiger partial charge in [0.1, 0.15) is 5.37 Å². The van der Waals surface area contributed by atoms with Crippen molar-refractivity contribution in [3.05, 3.63) is 54.4 Å². The quantitative estimate of drug-likeness (QED) is 0.858. The Morgan fingerprint density at radius 2 is 2.05 bits per heavy atom. The predicted molar refractivity (Wildman–Crippen MR) is 78.4 cm³/mol. The van der Waals surface area contributed by atoms with Crippen molar-refractivity contribution in [3.8, 4) is 5.69 Å². The average molecular weight is 272 g/mol. The highest BCUT2D eigenvalue weighted by molar-refractivity contribution is 8.00. The zero-order valence-electron chi connectivity index (χ0n) is 10.8. The zero-order valence-corrected chi connectivity index (χ0v) is 11.6. The lowest BCUT2D eigenvalue weighted by molar-refractivity contribution is -0.127. The standard InChI is InChI=1S/C15H16N2OS/c1-2-17-14(18)11-19-15(17)12-8-9-16(10-12)13-6-4-3-5-7-13/h3-10,15H,2,11H2,1H3/t15-/m1/s1. The van der Waals surface area contributed by atoms with Crippen LogP contribution >= 0.6 is 11.8 Å². The molecular weight excluding hydrogens is 256 g/mol. The summed E-state index contributed by atoms with van der Waals surface area (Å²) in [5.41, 5.74) is 2.34. The number of carbonyl (C=O) groups is 1. The van der Waals surface area contributed by atoms with Crippen LogP contribution in [0.25, 0.3) is 5.69 Å². The Hall–Kier alpha value is -1.68. The van der Waals surface area contributed by atoms with E-state index in [4.69, 9.17) is 0 Å². The number of para-hydroxylation sites is 1. The van der Waals surface area contributed by atoms with Gasteiger partial charge in [-0.15, -0.1) is 11.8 Å². The minimum absolute atomic E-state index is 0.169. The minimum atomic E-state index is 0.169. The van der Waals surface area contributed by atoms with Gasteiger partial charge in [-0.1, -0.05) is 18.2 Å². The van der Waals surface area contributed by atoms with Gasteiger partial charge in [0.15, 0.2) is 0 Å². The number of carbonyl (C=O) groups excluding carboxylic acids is 1. The largest absolute Gasteiger partial charge is 0.326 e. The summed E-state index contributed by atoms with van der Waals surface area (Å²) in [6.07, 6.45) is 4.18. The average Bonchev–Trinajstić information content (AvgIpc) is 3.06. The van der Waals surface area contributed by atoms with Crippen LogP contribution in [0.1, 0.15) is 17.9 Å². The predicted octanol–water partition coefficient (Wildman–Crippen LogP) is 3.07. The Kier molecular flexibility index (Phi) is 3.34. The van der Waals surface area contributed by atoms with Gasteiger partial charge in [0.25, 0.3) is 0 Å². The van der Waals surface area contributed by atoms with Crippen LogP contribution in [0.4, 0.5) is 0 Å². The molecule has 0 unspecified atom stereocenters. The summed E-state index contributed by atoms with van der Waals surface area (Å²) in [4.78, 5) is 13.7. The lowest BCUT2D eigenvalue weighted by Crippen LogP contribution is -2.27. The number of nitrogens with zero attached hydrogens (tertiary/aromatic N) is 2. The van der Waals surface area contributed by atoms with Crippen LogP contribution < -0.4 is 0 Å². The monoisotopic (exact) mass is 272 g/mol. The fourth-order valence-electron chi connectivity index (χ4n) is 2.39. The Morgan fingerprint density at radius 1 is 1.26 bits per heavy atom. The van der Waals surface area contributed by atoms with Gasteiger partial charge in [0.2, 0.25) is 5.91 Å². The molecule has 2 heterocycles. The van der Waals surface area contributed by atoms with Crippen LogP contribution in [0.2, 0.25) is 0 Å². The van der Waals surface area contributed by atoms with Crippen molar-refractivity contribution in [2.45, 2.75) is 12.3 Å². The number of benzene rings is 1. The maximum atomic E-state index is 11.8. The first-order valence-corrected chi connectivity index (χ1v) is 7.49. The Bertz CT molecular complexity index is 579. The van der Waals surface area contributed by atoms with E-state index in [1.165, 1.54) is 5.56 Å². The third-order valence-corrected chi connectivity index (χ3v) is 4.62. The molecule has 0 spiro atoms. The Labute approximate surface area is 117 Å². The maximum absolute atomic E-state index is 11.8. The summed E-state index contributed by atoms with van der Waals surface area (Å²) in [6, 6.07) is 12.3. The molecule has 0 saturated carbocycles. The first kappa shape index (κ1) is 12.4. The highest BCUT2D eigenvalue weighted by Gasteiger charge is 2.31. The van der Waals surface area contributed by atoms with Crippen LogP contribution in [-0.4, -0.2) is 27.7 Å². The molecule has 98 valence electrons. The van der Waals surface area contributed by atoms with E-state index in [-0.39, 0.29) is 11.3 Å². The summed E-state index contributed by atoms with van der Waals surface area (Å²) in [7, 11) is 0. The molecule has 3 nitrogen and oxygen atoms in total. The molecular formula is C15H16N2OS. The first-order valence-electron chi connectivity index (χ1n) is 6.44. The van der Waals surface area contributed by atoms with Crippen molar-refractivity contribution in [1.29, 1.82) is 0 Å². The second-order valence-corrected chi connectivity index (χ2v) is 5.60. The molecule has 1 aliphatic heterocycles. The molecule has 0 N–H and O–H groups in total. The van der Waals surface area contributed by atoms with Gasteiger partial charge in [-0.25, -0.2) is 0 Å². The van der Waals surface area contributed by atoms with Crippen molar-refractivity contribution in [3.63, 3.8) is 0 Å². The topological polar surface area (TPSA) is 25.2 Å². The van der Waals surface area contributed by atoms with Crippen molar-refractivity contribution in [2.24, 2.45) is 0 Å². The van der Waals surface area contributed by atoms with Gasteiger partial charge >= 0.3 is 0 Å². The third-order valence-electron chi connectivity index (χ3n) is 3.36. The van der Waals surface area contributed by atoms with Gasteiger partial charge < -0.3 is 9.47 Å². The second-order valence-electron chi connectivity index (χ2n) is 4.53. The zero-order chi connectivity index (χ0) is 13.2. The maximum Gasteiger partial charge on any atom is 0.233 e. The van der Waals surface area contributed by atoms with Crippen molar-refractivity contribution < 1.29 is 4.79 Å². The van der Waals surface area contributed by atoms with Crippen molar-refractivity contribution in [2.75, 3.05) is 12.3 Å². The summed E-state index contributed by atoms with van der Waals surface area (Å²) in [6.45, 7) is 2.80. The van der Waals surface area contributed by atoms with Crippen LogP contribution in [0.15, 0.2) is 48.8 Å². The number of thioether (sulfide) groups is 1. The van der Waals surface area contributed by atoms with E-state index in [1.807, 2.05) is 30.0 Å². The second kappa shape index (κ2) is 5.13. The van der Waals surface area contributed by atoms with Gasteiger partial charge in [-0.05, 0) is 25.1 Å². The van der Waals surface area contributed by atoms with Gasteiger partial charge in [0, 0.05) is 30.2 Å². The fraction of sp³-hybridized carbons (Fsp3) is 0.267. The molecule has 1 aromatic heterocycles. The highest BCUT2D eigenvalue weighted by atomic mass is 32.2. The minimum Gasteiger partial charge on any atom is -0.326 e. The number of hydrogen-bond donors (Lipinski definition) is 0. The van der Waals surface area contributed by atoms with E-state index in [2.05, 4.69) is 35.2 Å². The third kappa shape index (κ3) is 2.28. The smallest absolute Gasteiger partial charge is 0.233 e. The summed E-state index contributed by atoms with van der Waals surface area (Å²) < 4.78 is 2.10. The molecule has 1 aliphatic rings. The van der Waals surface area contributed by atoms with E-state index in [1.54, 1.807) is 11.8 Å². The van der Waals surface area contributed by atoms with Crippen LogP contribution in [-0.2, 0) is 4.79 Å². The number of aromatic nitrogens is 1. The van der Waals surface area contributed by atoms with Crippen LogP contribution in [0, 0.1) is 0 Å². The molecule has 1 aromatic carbocycles.